The van der Waals surface area contributed by atoms with Gasteiger partial charge in [-0.2, -0.15) is 4.98 Å². The number of hydrogen-bond acceptors (Lipinski definition) is 7. The summed E-state index contributed by atoms with van der Waals surface area (Å²) < 4.78 is 24.4. The zero-order valence-electron chi connectivity index (χ0n) is 15.3. The highest BCUT2D eigenvalue weighted by Crippen LogP contribution is 2.32. The van der Waals surface area contributed by atoms with Gasteiger partial charge in [-0.05, 0) is 24.3 Å². The minimum atomic E-state index is -0.674. The molecule has 0 unspecified atom stereocenters. The number of carbonyl (C=O) groups is 1. The van der Waals surface area contributed by atoms with Crippen molar-refractivity contribution in [1.29, 1.82) is 0 Å². The molecule has 3 rings (SSSR count). The van der Waals surface area contributed by atoms with Crippen molar-refractivity contribution in [3.63, 3.8) is 0 Å². The second-order valence-corrected chi connectivity index (χ2v) is 6.50. The zero-order valence-corrected chi connectivity index (χ0v) is 16.8. The van der Waals surface area contributed by atoms with Crippen LogP contribution in [0.3, 0.4) is 0 Å². The standard InChI is InChI=1S/C19H15Cl2FN4O3/c1-28-16-4-3-11(6-13(16)21)24-18-14(22)8-23-19(26-18)25-15-7-17(29-2)12(20)5-10(15)9-27/h3-9H,1-2H3,(H2,23,24,25,26). The van der Waals surface area contributed by atoms with E-state index >= 15 is 0 Å². The maximum Gasteiger partial charge on any atom is 0.229 e. The molecule has 0 atom stereocenters. The van der Waals surface area contributed by atoms with E-state index in [1.54, 1.807) is 18.2 Å². The van der Waals surface area contributed by atoms with Gasteiger partial charge in [-0.25, -0.2) is 9.37 Å². The number of nitrogens with one attached hydrogen (secondary N) is 2. The van der Waals surface area contributed by atoms with E-state index in [1.807, 2.05) is 0 Å². The zero-order chi connectivity index (χ0) is 21.0. The predicted octanol–water partition coefficient (Wildman–Crippen LogP) is 5.24. The lowest BCUT2D eigenvalue weighted by Gasteiger charge is -2.13. The van der Waals surface area contributed by atoms with E-state index in [1.165, 1.54) is 26.4 Å². The van der Waals surface area contributed by atoms with Gasteiger partial charge in [-0.3, -0.25) is 4.79 Å². The maximum absolute atomic E-state index is 14.2. The molecule has 150 valence electrons. The van der Waals surface area contributed by atoms with Crippen LogP contribution in [-0.2, 0) is 0 Å². The number of hydrogen-bond donors (Lipinski definition) is 2. The van der Waals surface area contributed by atoms with E-state index in [0.29, 0.717) is 34.2 Å². The molecule has 0 aliphatic carbocycles. The summed E-state index contributed by atoms with van der Waals surface area (Å²) in [4.78, 5) is 19.4. The molecular weight excluding hydrogens is 422 g/mol. The van der Waals surface area contributed by atoms with Crippen LogP contribution < -0.4 is 20.1 Å². The molecule has 10 heteroatoms. The molecule has 0 amide bonds. The number of nitrogens with zero attached hydrogens (tertiary/aromatic N) is 2. The number of aromatic nitrogens is 2. The van der Waals surface area contributed by atoms with Gasteiger partial charge in [0.1, 0.15) is 11.5 Å². The number of halogens is 3. The van der Waals surface area contributed by atoms with Crippen LogP contribution in [0.1, 0.15) is 10.4 Å². The molecule has 0 aliphatic heterocycles. The Bertz CT molecular complexity index is 1070. The first-order chi connectivity index (χ1) is 13.9. The first kappa shape index (κ1) is 20.6. The van der Waals surface area contributed by atoms with Crippen molar-refractivity contribution < 1.29 is 18.7 Å². The highest BCUT2D eigenvalue weighted by molar-refractivity contribution is 6.32. The van der Waals surface area contributed by atoms with Gasteiger partial charge in [-0.1, -0.05) is 23.2 Å². The number of rotatable bonds is 7. The van der Waals surface area contributed by atoms with E-state index in [2.05, 4.69) is 20.6 Å². The lowest BCUT2D eigenvalue weighted by molar-refractivity contribution is 0.112. The Balaban J connectivity index is 1.90. The fraction of sp³-hybridized carbons (Fsp3) is 0.105. The third-order valence-corrected chi connectivity index (χ3v) is 4.45. The first-order valence-electron chi connectivity index (χ1n) is 8.18. The molecule has 0 fully saturated rings. The van der Waals surface area contributed by atoms with Crippen molar-refractivity contribution >= 4 is 52.6 Å². The van der Waals surface area contributed by atoms with Gasteiger partial charge in [0.2, 0.25) is 5.95 Å². The summed E-state index contributed by atoms with van der Waals surface area (Å²) >= 11 is 12.1. The minimum absolute atomic E-state index is 0.0565. The molecule has 0 bridgehead atoms. The summed E-state index contributed by atoms with van der Waals surface area (Å²) in [5, 5.41) is 6.33. The van der Waals surface area contributed by atoms with Gasteiger partial charge in [0, 0.05) is 17.3 Å². The van der Waals surface area contributed by atoms with Gasteiger partial charge in [-0.15, -0.1) is 0 Å². The van der Waals surface area contributed by atoms with Gasteiger partial charge in [0.15, 0.2) is 17.9 Å². The summed E-state index contributed by atoms with van der Waals surface area (Å²) in [6.45, 7) is 0. The third-order valence-electron chi connectivity index (χ3n) is 3.86. The van der Waals surface area contributed by atoms with E-state index in [0.717, 1.165) is 6.20 Å². The monoisotopic (exact) mass is 436 g/mol. The summed E-state index contributed by atoms with van der Waals surface area (Å²) in [6.07, 6.45) is 1.62. The summed E-state index contributed by atoms with van der Waals surface area (Å²) in [6, 6.07) is 7.84. The van der Waals surface area contributed by atoms with Crippen molar-refractivity contribution in [1.82, 2.24) is 9.97 Å². The number of carbonyl (C=O) groups excluding carboxylic acids is 1. The fourth-order valence-electron chi connectivity index (χ4n) is 2.45. The van der Waals surface area contributed by atoms with Crippen molar-refractivity contribution in [3.05, 3.63) is 58.0 Å². The number of ether oxygens (including phenoxy) is 2. The van der Waals surface area contributed by atoms with E-state index in [4.69, 9.17) is 32.7 Å². The van der Waals surface area contributed by atoms with Crippen LogP contribution in [0.15, 0.2) is 36.5 Å². The van der Waals surface area contributed by atoms with Gasteiger partial charge >= 0.3 is 0 Å². The van der Waals surface area contributed by atoms with Gasteiger partial charge in [0.25, 0.3) is 0 Å². The van der Waals surface area contributed by atoms with Crippen LogP contribution in [0, 0.1) is 5.82 Å². The smallest absolute Gasteiger partial charge is 0.229 e. The number of benzene rings is 2. The Hall–Kier alpha value is -3.10. The average Bonchev–Trinajstić information content (AvgIpc) is 2.71. The van der Waals surface area contributed by atoms with Crippen molar-refractivity contribution in [2.75, 3.05) is 24.9 Å². The molecule has 0 saturated heterocycles. The normalized spacial score (nSPS) is 10.4. The minimum Gasteiger partial charge on any atom is -0.495 e. The van der Waals surface area contributed by atoms with Crippen LogP contribution in [0.2, 0.25) is 10.0 Å². The van der Waals surface area contributed by atoms with Crippen LogP contribution in [0.5, 0.6) is 11.5 Å². The second kappa shape index (κ2) is 8.93. The second-order valence-electron chi connectivity index (χ2n) is 5.68. The quantitative estimate of drug-likeness (QED) is 0.489. The van der Waals surface area contributed by atoms with Crippen molar-refractivity contribution in [3.8, 4) is 11.5 Å². The molecule has 0 spiro atoms. The highest BCUT2D eigenvalue weighted by atomic mass is 35.5. The van der Waals surface area contributed by atoms with E-state index in [-0.39, 0.29) is 22.4 Å². The number of methoxy groups -OCH3 is 2. The summed E-state index contributed by atoms with van der Waals surface area (Å²) in [5.41, 5.74) is 1.12. The molecule has 0 aliphatic rings. The average molecular weight is 437 g/mol. The van der Waals surface area contributed by atoms with E-state index in [9.17, 15) is 9.18 Å². The molecule has 29 heavy (non-hydrogen) atoms. The molecule has 0 radical (unpaired) electrons. The van der Waals surface area contributed by atoms with Crippen LogP contribution >= 0.6 is 23.2 Å². The molecule has 1 heterocycles. The molecule has 7 nitrogen and oxygen atoms in total. The number of anilines is 4. The third kappa shape index (κ3) is 4.67. The van der Waals surface area contributed by atoms with Crippen molar-refractivity contribution in [2.24, 2.45) is 0 Å². The predicted molar refractivity (Wildman–Crippen MR) is 110 cm³/mol. The molecular formula is C19H15Cl2FN4O3. The van der Waals surface area contributed by atoms with E-state index < -0.39 is 5.82 Å². The van der Waals surface area contributed by atoms with Crippen LogP contribution in [0.4, 0.5) is 27.5 Å². The maximum atomic E-state index is 14.2. The highest BCUT2D eigenvalue weighted by Gasteiger charge is 2.13. The number of aldehydes is 1. The molecule has 1 aromatic heterocycles. The Morgan fingerprint density at radius 1 is 1.03 bits per heavy atom. The van der Waals surface area contributed by atoms with Gasteiger partial charge < -0.3 is 20.1 Å². The largest absolute Gasteiger partial charge is 0.495 e. The van der Waals surface area contributed by atoms with Crippen LogP contribution in [0.25, 0.3) is 0 Å². The first-order valence-corrected chi connectivity index (χ1v) is 8.93. The van der Waals surface area contributed by atoms with Crippen LogP contribution in [-0.4, -0.2) is 30.5 Å². The summed E-state index contributed by atoms with van der Waals surface area (Å²) in [7, 11) is 2.94. The molecule has 2 N–H and O–H groups in total. The summed E-state index contributed by atoms with van der Waals surface area (Å²) in [5.74, 6) is 0.138. The molecule has 3 aromatic rings. The lowest BCUT2D eigenvalue weighted by atomic mass is 10.2. The fourth-order valence-corrected chi connectivity index (χ4v) is 2.95. The molecule has 2 aromatic carbocycles. The van der Waals surface area contributed by atoms with Gasteiger partial charge in [0.05, 0.1) is 36.1 Å². The Morgan fingerprint density at radius 3 is 2.41 bits per heavy atom. The SMILES string of the molecule is COc1ccc(Nc2nc(Nc3cc(OC)c(Cl)cc3C=O)ncc2F)cc1Cl. The van der Waals surface area contributed by atoms with Crippen molar-refractivity contribution in [2.45, 2.75) is 0 Å². The Kier molecular flexibility index (Phi) is 6.36. The topological polar surface area (TPSA) is 85.4 Å². The molecule has 0 saturated carbocycles. The Labute approximate surface area is 175 Å². The Morgan fingerprint density at radius 2 is 1.76 bits per heavy atom. The lowest BCUT2D eigenvalue weighted by Crippen LogP contribution is -2.05.